The number of carbonyl (C=O) groups excluding carboxylic acids is 1. The highest BCUT2D eigenvalue weighted by atomic mass is 19.1. The third-order valence-electron chi connectivity index (χ3n) is 2.86. The Morgan fingerprint density at radius 2 is 1.67 bits per heavy atom. The fraction of sp³-hybridized carbons (Fsp3) is 0.133. The van der Waals surface area contributed by atoms with E-state index in [0.717, 1.165) is 12.1 Å². The van der Waals surface area contributed by atoms with Crippen LogP contribution in [0, 0.1) is 11.6 Å². The van der Waals surface area contributed by atoms with Crippen LogP contribution in [0.25, 0.3) is 0 Å². The summed E-state index contributed by atoms with van der Waals surface area (Å²) in [7, 11) is 0. The van der Waals surface area contributed by atoms with Gasteiger partial charge < -0.3 is 15.5 Å². The van der Waals surface area contributed by atoms with Crippen molar-refractivity contribution < 1.29 is 23.8 Å². The lowest BCUT2D eigenvalue weighted by Gasteiger charge is -2.07. The van der Waals surface area contributed by atoms with Gasteiger partial charge in [0, 0.05) is 18.2 Å². The molecule has 0 saturated carbocycles. The normalized spacial score (nSPS) is 10.4. The molecule has 110 valence electrons. The Hall–Kier alpha value is -2.63. The number of benzene rings is 2. The van der Waals surface area contributed by atoms with E-state index in [4.69, 9.17) is 5.11 Å². The van der Waals surface area contributed by atoms with Crippen molar-refractivity contribution in [3.63, 3.8) is 0 Å². The monoisotopic (exact) mass is 293 g/mol. The first-order chi connectivity index (χ1) is 9.95. The first-order valence-electron chi connectivity index (χ1n) is 6.21. The molecule has 0 unspecified atom stereocenters. The number of phenolic OH excluding ortho intramolecular Hbond substituents is 2. The number of carbonyl (C=O) groups is 1. The second-order valence-electron chi connectivity index (χ2n) is 4.49. The van der Waals surface area contributed by atoms with Crippen LogP contribution in [-0.2, 0) is 6.42 Å². The maximum absolute atomic E-state index is 13.0. The number of aromatic hydroxyl groups is 2. The molecule has 21 heavy (non-hydrogen) atoms. The third kappa shape index (κ3) is 3.92. The summed E-state index contributed by atoms with van der Waals surface area (Å²) in [6.45, 7) is 0.223. The SMILES string of the molecule is O=C(NCCc1ccc(O)c(O)c1)c1cc(F)cc(F)c1. The largest absolute Gasteiger partial charge is 0.504 e. The summed E-state index contributed by atoms with van der Waals surface area (Å²) in [6.07, 6.45) is 0.400. The van der Waals surface area contributed by atoms with E-state index >= 15 is 0 Å². The van der Waals surface area contributed by atoms with Gasteiger partial charge in [-0.2, -0.15) is 0 Å². The van der Waals surface area contributed by atoms with E-state index in [-0.39, 0.29) is 23.6 Å². The van der Waals surface area contributed by atoms with E-state index in [0.29, 0.717) is 18.1 Å². The van der Waals surface area contributed by atoms with Gasteiger partial charge >= 0.3 is 0 Å². The van der Waals surface area contributed by atoms with Crippen molar-refractivity contribution in [3.8, 4) is 11.5 Å². The van der Waals surface area contributed by atoms with Gasteiger partial charge in [0.1, 0.15) is 11.6 Å². The summed E-state index contributed by atoms with van der Waals surface area (Å²) >= 11 is 0. The Bertz CT molecular complexity index is 654. The smallest absolute Gasteiger partial charge is 0.251 e. The van der Waals surface area contributed by atoms with Gasteiger partial charge in [-0.05, 0) is 36.2 Å². The fourth-order valence-electron chi connectivity index (χ4n) is 1.83. The van der Waals surface area contributed by atoms with Gasteiger partial charge in [-0.3, -0.25) is 4.79 Å². The van der Waals surface area contributed by atoms with Crippen LogP contribution >= 0.6 is 0 Å². The third-order valence-corrected chi connectivity index (χ3v) is 2.86. The maximum Gasteiger partial charge on any atom is 0.251 e. The molecule has 4 nitrogen and oxygen atoms in total. The molecule has 2 aromatic rings. The minimum Gasteiger partial charge on any atom is -0.504 e. The molecule has 0 spiro atoms. The van der Waals surface area contributed by atoms with Crippen molar-refractivity contribution in [1.29, 1.82) is 0 Å². The standard InChI is InChI=1S/C15H13F2NO3/c16-11-6-10(7-12(17)8-11)15(21)18-4-3-9-1-2-13(19)14(20)5-9/h1-2,5-8,19-20H,3-4H2,(H,18,21). The van der Waals surface area contributed by atoms with Gasteiger partial charge in [-0.25, -0.2) is 8.78 Å². The van der Waals surface area contributed by atoms with Gasteiger partial charge in [0.15, 0.2) is 11.5 Å². The van der Waals surface area contributed by atoms with E-state index in [9.17, 15) is 18.7 Å². The lowest BCUT2D eigenvalue weighted by molar-refractivity contribution is 0.0953. The first-order valence-corrected chi connectivity index (χ1v) is 6.21. The van der Waals surface area contributed by atoms with Gasteiger partial charge in [0.25, 0.3) is 5.91 Å². The highest BCUT2D eigenvalue weighted by Gasteiger charge is 2.09. The molecule has 1 amide bonds. The quantitative estimate of drug-likeness (QED) is 0.758. The molecule has 0 saturated heterocycles. The summed E-state index contributed by atoms with van der Waals surface area (Å²) in [5.41, 5.74) is 0.608. The lowest BCUT2D eigenvalue weighted by Crippen LogP contribution is -2.25. The molecule has 0 bridgehead atoms. The topological polar surface area (TPSA) is 69.6 Å². The van der Waals surface area contributed by atoms with E-state index in [1.54, 1.807) is 6.07 Å². The van der Waals surface area contributed by atoms with Crippen LogP contribution in [0.4, 0.5) is 8.78 Å². The molecular weight excluding hydrogens is 280 g/mol. The molecular formula is C15H13F2NO3. The minimum absolute atomic E-state index is 0.0962. The molecule has 0 radical (unpaired) electrons. The zero-order valence-corrected chi connectivity index (χ0v) is 10.9. The van der Waals surface area contributed by atoms with Crippen molar-refractivity contribution >= 4 is 5.91 Å². The Morgan fingerprint density at radius 1 is 1.00 bits per heavy atom. The number of rotatable bonds is 4. The number of hydrogen-bond donors (Lipinski definition) is 3. The summed E-state index contributed by atoms with van der Waals surface area (Å²) in [4.78, 5) is 11.7. The highest BCUT2D eigenvalue weighted by molar-refractivity contribution is 5.94. The Balaban J connectivity index is 1.93. The van der Waals surface area contributed by atoms with Crippen LogP contribution in [0.15, 0.2) is 36.4 Å². The summed E-state index contributed by atoms with van der Waals surface area (Å²) in [5.74, 6) is -2.69. The average molecular weight is 293 g/mol. The number of phenols is 2. The van der Waals surface area contributed by atoms with Crippen molar-refractivity contribution in [2.75, 3.05) is 6.54 Å². The Morgan fingerprint density at radius 3 is 2.29 bits per heavy atom. The van der Waals surface area contributed by atoms with Crippen molar-refractivity contribution in [1.82, 2.24) is 5.32 Å². The van der Waals surface area contributed by atoms with E-state index < -0.39 is 17.5 Å². The number of amides is 1. The molecule has 0 fully saturated rings. The van der Waals surface area contributed by atoms with Crippen molar-refractivity contribution in [2.45, 2.75) is 6.42 Å². The predicted molar refractivity (Wildman–Crippen MR) is 72.2 cm³/mol. The van der Waals surface area contributed by atoms with Crippen LogP contribution in [0.1, 0.15) is 15.9 Å². The predicted octanol–water partition coefficient (Wildman–Crippen LogP) is 2.35. The fourth-order valence-corrected chi connectivity index (χ4v) is 1.83. The number of halogens is 2. The van der Waals surface area contributed by atoms with Gasteiger partial charge in [-0.1, -0.05) is 6.07 Å². The van der Waals surface area contributed by atoms with Crippen LogP contribution in [0.5, 0.6) is 11.5 Å². The van der Waals surface area contributed by atoms with Crippen LogP contribution in [0.3, 0.4) is 0 Å². The van der Waals surface area contributed by atoms with Gasteiger partial charge in [-0.15, -0.1) is 0 Å². The Kier molecular flexibility index (Phi) is 4.37. The molecule has 0 aromatic heterocycles. The maximum atomic E-state index is 13.0. The van der Waals surface area contributed by atoms with E-state index in [2.05, 4.69) is 5.32 Å². The van der Waals surface area contributed by atoms with Crippen LogP contribution in [0.2, 0.25) is 0 Å². The molecule has 2 aromatic carbocycles. The van der Waals surface area contributed by atoms with Crippen LogP contribution < -0.4 is 5.32 Å². The second-order valence-corrected chi connectivity index (χ2v) is 4.49. The summed E-state index contributed by atoms with van der Waals surface area (Å²) < 4.78 is 26.0. The van der Waals surface area contributed by atoms with Crippen molar-refractivity contribution in [2.24, 2.45) is 0 Å². The zero-order valence-electron chi connectivity index (χ0n) is 10.9. The van der Waals surface area contributed by atoms with Gasteiger partial charge in [0.2, 0.25) is 0 Å². The van der Waals surface area contributed by atoms with Gasteiger partial charge in [0.05, 0.1) is 0 Å². The highest BCUT2D eigenvalue weighted by Crippen LogP contribution is 2.24. The van der Waals surface area contributed by atoms with Crippen molar-refractivity contribution in [3.05, 3.63) is 59.2 Å². The van der Waals surface area contributed by atoms with E-state index in [1.807, 2.05) is 0 Å². The number of nitrogens with one attached hydrogen (secondary N) is 1. The molecule has 0 atom stereocenters. The molecule has 0 heterocycles. The zero-order chi connectivity index (χ0) is 15.4. The Labute approximate surface area is 119 Å². The number of hydrogen-bond acceptors (Lipinski definition) is 3. The average Bonchev–Trinajstić information content (AvgIpc) is 2.41. The molecule has 2 rings (SSSR count). The summed E-state index contributed by atoms with van der Waals surface area (Å²) in [6, 6.07) is 6.91. The summed E-state index contributed by atoms with van der Waals surface area (Å²) in [5, 5.41) is 21.0. The lowest BCUT2D eigenvalue weighted by atomic mass is 10.1. The van der Waals surface area contributed by atoms with Crippen LogP contribution in [-0.4, -0.2) is 22.7 Å². The molecule has 0 aliphatic heterocycles. The molecule has 6 heteroatoms. The molecule has 0 aliphatic rings. The minimum atomic E-state index is -0.816. The van der Waals surface area contributed by atoms with E-state index in [1.165, 1.54) is 12.1 Å². The second kappa shape index (κ2) is 6.21. The molecule has 0 aliphatic carbocycles. The first kappa shape index (κ1) is 14.8. The molecule has 3 N–H and O–H groups in total.